The Morgan fingerprint density at radius 2 is 1.79 bits per heavy atom. The second-order valence-electron chi connectivity index (χ2n) is 6.96. The lowest BCUT2D eigenvalue weighted by Gasteiger charge is -2.27. The molecule has 6 heteroatoms. The van der Waals surface area contributed by atoms with Gasteiger partial charge in [-0.2, -0.15) is 0 Å². The van der Waals surface area contributed by atoms with Crippen molar-refractivity contribution < 1.29 is 9.53 Å². The topological polar surface area (TPSA) is 50.6 Å². The van der Waals surface area contributed by atoms with Gasteiger partial charge in [-0.3, -0.25) is 9.69 Å². The molecule has 28 heavy (non-hydrogen) atoms. The van der Waals surface area contributed by atoms with Crippen LogP contribution < -0.4 is 4.90 Å². The van der Waals surface area contributed by atoms with E-state index in [0.717, 1.165) is 55.4 Å². The van der Waals surface area contributed by atoms with Gasteiger partial charge in [0, 0.05) is 25.3 Å². The molecule has 6 nitrogen and oxygen atoms in total. The molecule has 1 fully saturated rings. The quantitative estimate of drug-likeness (QED) is 0.662. The number of imidazole rings is 1. The van der Waals surface area contributed by atoms with Crippen LogP contribution in [0.3, 0.4) is 0 Å². The fourth-order valence-electron chi connectivity index (χ4n) is 3.71. The Labute approximate surface area is 165 Å². The average Bonchev–Trinajstić information content (AvgIpc) is 3.07. The number of morpholine rings is 1. The number of nitrogens with zero attached hydrogens (tertiary/aromatic N) is 4. The van der Waals surface area contributed by atoms with Crippen LogP contribution in [0.25, 0.3) is 11.0 Å². The number of para-hydroxylation sites is 3. The third-order valence-corrected chi connectivity index (χ3v) is 5.18. The molecule has 1 aliphatic rings. The highest BCUT2D eigenvalue weighted by Gasteiger charge is 2.20. The van der Waals surface area contributed by atoms with Crippen LogP contribution >= 0.6 is 0 Å². The lowest BCUT2D eigenvalue weighted by atomic mass is 10.2. The number of hydrogen-bond acceptors (Lipinski definition) is 4. The minimum absolute atomic E-state index is 0.0695. The van der Waals surface area contributed by atoms with Crippen LogP contribution in [0.5, 0.6) is 0 Å². The molecular formula is C22H26N4O2. The molecule has 1 aromatic heterocycles. The Balaban J connectivity index is 1.62. The largest absolute Gasteiger partial charge is 0.379 e. The van der Waals surface area contributed by atoms with Crippen molar-refractivity contribution in [3.63, 3.8) is 0 Å². The molecule has 0 saturated carbocycles. The summed E-state index contributed by atoms with van der Waals surface area (Å²) in [6.45, 7) is 6.92. The summed E-state index contributed by atoms with van der Waals surface area (Å²) >= 11 is 0. The third kappa shape index (κ3) is 3.93. The van der Waals surface area contributed by atoms with Gasteiger partial charge in [0.2, 0.25) is 5.91 Å². The van der Waals surface area contributed by atoms with Crippen molar-refractivity contribution in [3.05, 3.63) is 60.4 Å². The van der Waals surface area contributed by atoms with E-state index in [2.05, 4.69) is 9.47 Å². The summed E-state index contributed by atoms with van der Waals surface area (Å²) in [4.78, 5) is 22.2. The average molecular weight is 378 g/mol. The molecule has 0 N–H and O–H groups in total. The zero-order chi connectivity index (χ0) is 19.3. The van der Waals surface area contributed by atoms with Gasteiger partial charge < -0.3 is 14.2 Å². The Hall–Kier alpha value is -2.70. The predicted molar refractivity (Wildman–Crippen MR) is 110 cm³/mol. The molecule has 0 aliphatic carbocycles. The van der Waals surface area contributed by atoms with E-state index in [1.165, 1.54) is 0 Å². The number of carbonyl (C=O) groups is 1. The van der Waals surface area contributed by atoms with E-state index in [0.29, 0.717) is 6.54 Å². The van der Waals surface area contributed by atoms with Crippen LogP contribution in [-0.4, -0.2) is 53.2 Å². The number of benzene rings is 2. The van der Waals surface area contributed by atoms with Gasteiger partial charge in [0.1, 0.15) is 12.4 Å². The summed E-state index contributed by atoms with van der Waals surface area (Å²) in [6.07, 6.45) is 0. The SMILES string of the molecule is CCN(C(=O)Cn1c(CN2CCOCC2)nc2ccccc21)c1ccccc1. The van der Waals surface area contributed by atoms with E-state index in [4.69, 9.17) is 9.72 Å². The van der Waals surface area contributed by atoms with Crippen LogP contribution in [0, 0.1) is 0 Å². The second-order valence-corrected chi connectivity index (χ2v) is 6.96. The number of carbonyl (C=O) groups excluding carboxylic acids is 1. The van der Waals surface area contributed by atoms with Crippen molar-refractivity contribution in [2.75, 3.05) is 37.7 Å². The Kier molecular flexibility index (Phi) is 5.69. The molecule has 1 amide bonds. The molecule has 0 spiro atoms. The van der Waals surface area contributed by atoms with Crippen molar-refractivity contribution in [1.82, 2.24) is 14.5 Å². The van der Waals surface area contributed by atoms with Crippen LogP contribution in [0.4, 0.5) is 5.69 Å². The molecule has 4 rings (SSSR count). The first-order valence-electron chi connectivity index (χ1n) is 9.86. The Bertz CT molecular complexity index is 932. The maximum atomic E-state index is 13.2. The Morgan fingerprint density at radius 1 is 1.07 bits per heavy atom. The molecule has 3 aromatic rings. The van der Waals surface area contributed by atoms with Crippen molar-refractivity contribution in [2.45, 2.75) is 20.0 Å². The molecule has 2 aromatic carbocycles. The van der Waals surface area contributed by atoms with E-state index in [1.807, 2.05) is 66.4 Å². The molecule has 0 atom stereocenters. The predicted octanol–water partition coefficient (Wildman–Crippen LogP) is 2.92. The minimum Gasteiger partial charge on any atom is -0.379 e. The smallest absolute Gasteiger partial charge is 0.246 e. The molecule has 1 aliphatic heterocycles. The third-order valence-electron chi connectivity index (χ3n) is 5.18. The zero-order valence-electron chi connectivity index (χ0n) is 16.3. The van der Waals surface area contributed by atoms with Crippen LogP contribution in [0.1, 0.15) is 12.7 Å². The van der Waals surface area contributed by atoms with Crippen molar-refractivity contribution >= 4 is 22.6 Å². The lowest BCUT2D eigenvalue weighted by molar-refractivity contribution is -0.119. The summed E-state index contributed by atoms with van der Waals surface area (Å²) in [5.74, 6) is 1.00. The standard InChI is InChI=1S/C22H26N4O2/c1-2-25(18-8-4-3-5-9-18)22(27)17-26-20-11-7-6-10-19(20)23-21(26)16-24-12-14-28-15-13-24/h3-11H,2,12-17H2,1H3. The fraction of sp³-hybridized carbons (Fsp3) is 0.364. The van der Waals surface area contributed by atoms with E-state index in [9.17, 15) is 4.79 Å². The van der Waals surface area contributed by atoms with Crippen molar-refractivity contribution in [2.24, 2.45) is 0 Å². The van der Waals surface area contributed by atoms with Crippen molar-refractivity contribution in [3.8, 4) is 0 Å². The number of rotatable bonds is 6. The number of ether oxygens (including phenoxy) is 1. The second kappa shape index (κ2) is 8.54. The summed E-state index contributed by atoms with van der Waals surface area (Å²) < 4.78 is 7.52. The first-order chi connectivity index (χ1) is 13.8. The highest BCUT2D eigenvalue weighted by Crippen LogP contribution is 2.20. The summed E-state index contributed by atoms with van der Waals surface area (Å²) in [5.41, 5.74) is 2.86. The van der Waals surface area contributed by atoms with Gasteiger partial charge in [0.15, 0.2) is 0 Å². The normalized spacial score (nSPS) is 15.0. The number of hydrogen-bond donors (Lipinski definition) is 0. The van der Waals surface area contributed by atoms with E-state index in [-0.39, 0.29) is 12.5 Å². The number of amides is 1. The van der Waals surface area contributed by atoms with Gasteiger partial charge in [0.05, 0.1) is 30.8 Å². The molecule has 0 radical (unpaired) electrons. The molecular weight excluding hydrogens is 352 g/mol. The molecule has 2 heterocycles. The fourth-order valence-corrected chi connectivity index (χ4v) is 3.71. The summed E-state index contributed by atoms with van der Waals surface area (Å²) in [6, 6.07) is 17.9. The van der Waals surface area contributed by atoms with E-state index in [1.54, 1.807) is 0 Å². The minimum atomic E-state index is 0.0695. The Morgan fingerprint density at radius 3 is 2.54 bits per heavy atom. The number of fused-ring (bicyclic) bond motifs is 1. The summed E-state index contributed by atoms with van der Waals surface area (Å²) in [7, 11) is 0. The number of aromatic nitrogens is 2. The molecule has 1 saturated heterocycles. The summed E-state index contributed by atoms with van der Waals surface area (Å²) in [5, 5.41) is 0. The number of likely N-dealkylation sites (N-methyl/N-ethyl adjacent to an activating group) is 1. The van der Waals surface area contributed by atoms with Crippen molar-refractivity contribution in [1.29, 1.82) is 0 Å². The zero-order valence-corrected chi connectivity index (χ0v) is 16.3. The van der Waals surface area contributed by atoms with Crippen LogP contribution in [0.15, 0.2) is 54.6 Å². The maximum absolute atomic E-state index is 13.2. The molecule has 146 valence electrons. The molecule has 0 unspecified atom stereocenters. The van der Waals surface area contributed by atoms with E-state index >= 15 is 0 Å². The monoisotopic (exact) mass is 378 g/mol. The maximum Gasteiger partial charge on any atom is 0.246 e. The van der Waals surface area contributed by atoms with Crippen LogP contribution in [-0.2, 0) is 22.6 Å². The highest BCUT2D eigenvalue weighted by molar-refractivity contribution is 5.94. The van der Waals surface area contributed by atoms with Gasteiger partial charge in [-0.25, -0.2) is 4.98 Å². The first-order valence-corrected chi connectivity index (χ1v) is 9.86. The highest BCUT2D eigenvalue weighted by atomic mass is 16.5. The molecule has 0 bridgehead atoms. The van der Waals surface area contributed by atoms with Gasteiger partial charge in [-0.1, -0.05) is 30.3 Å². The van der Waals surface area contributed by atoms with Gasteiger partial charge in [-0.05, 0) is 31.2 Å². The first kappa shape index (κ1) is 18.7. The van der Waals surface area contributed by atoms with Gasteiger partial charge in [0.25, 0.3) is 0 Å². The van der Waals surface area contributed by atoms with Gasteiger partial charge >= 0.3 is 0 Å². The van der Waals surface area contributed by atoms with E-state index < -0.39 is 0 Å². The van der Waals surface area contributed by atoms with Gasteiger partial charge in [-0.15, -0.1) is 0 Å². The lowest BCUT2D eigenvalue weighted by Crippen LogP contribution is -2.37. The van der Waals surface area contributed by atoms with Crippen LogP contribution in [0.2, 0.25) is 0 Å². The number of anilines is 1.